The van der Waals surface area contributed by atoms with Crippen molar-refractivity contribution in [3.05, 3.63) is 30.1 Å². The third-order valence-electron chi connectivity index (χ3n) is 3.70. The van der Waals surface area contributed by atoms with E-state index < -0.39 is 0 Å². The molecule has 0 aromatic carbocycles. The first-order valence-corrected chi connectivity index (χ1v) is 6.64. The van der Waals surface area contributed by atoms with Crippen molar-refractivity contribution in [1.29, 1.82) is 0 Å². The maximum absolute atomic E-state index is 5.97. The van der Waals surface area contributed by atoms with Gasteiger partial charge in [0.15, 0.2) is 0 Å². The molecule has 0 aliphatic heterocycles. The molecule has 1 heterocycles. The lowest BCUT2D eigenvalue weighted by Crippen LogP contribution is -2.29. The maximum atomic E-state index is 5.97. The van der Waals surface area contributed by atoms with Gasteiger partial charge in [0.1, 0.15) is 0 Å². The summed E-state index contributed by atoms with van der Waals surface area (Å²) in [4.78, 5) is 6.57. The molecule has 1 aliphatic rings. The van der Waals surface area contributed by atoms with E-state index in [1.807, 2.05) is 12.4 Å². The number of rotatable bonds is 5. The van der Waals surface area contributed by atoms with E-state index in [1.54, 1.807) is 0 Å². The number of aromatic nitrogens is 1. The van der Waals surface area contributed by atoms with Crippen molar-refractivity contribution in [2.24, 2.45) is 11.7 Å². The summed E-state index contributed by atoms with van der Waals surface area (Å²) >= 11 is 0. The van der Waals surface area contributed by atoms with Gasteiger partial charge in [-0.1, -0.05) is 6.92 Å². The van der Waals surface area contributed by atoms with E-state index in [2.05, 4.69) is 28.9 Å². The van der Waals surface area contributed by atoms with Crippen molar-refractivity contribution < 1.29 is 0 Å². The highest BCUT2D eigenvalue weighted by molar-refractivity contribution is 5.09. The van der Waals surface area contributed by atoms with Gasteiger partial charge in [-0.25, -0.2) is 0 Å². The molecule has 94 valence electrons. The topological polar surface area (TPSA) is 42.2 Å². The molecule has 2 unspecified atom stereocenters. The largest absolute Gasteiger partial charge is 0.328 e. The van der Waals surface area contributed by atoms with Crippen molar-refractivity contribution in [2.45, 2.75) is 38.8 Å². The molecule has 0 amide bonds. The van der Waals surface area contributed by atoms with Gasteiger partial charge in [0.2, 0.25) is 0 Å². The highest BCUT2D eigenvalue weighted by atomic mass is 15.1. The Bertz CT molecular complexity index is 325. The van der Waals surface area contributed by atoms with Gasteiger partial charge in [0, 0.05) is 31.5 Å². The summed E-state index contributed by atoms with van der Waals surface area (Å²) in [6.07, 6.45) is 7.45. The average molecular weight is 233 g/mol. The van der Waals surface area contributed by atoms with E-state index >= 15 is 0 Å². The minimum Gasteiger partial charge on any atom is -0.328 e. The fourth-order valence-corrected chi connectivity index (χ4v) is 2.70. The Morgan fingerprint density at radius 1 is 1.35 bits per heavy atom. The highest BCUT2D eigenvalue weighted by Gasteiger charge is 2.23. The van der Waals surface area contributed by atoms with E-state index in [0.29, 0.717) is 6.04 Å². The monoisotopic (exact) mass is 233 g/mol. The van der Waals surface area contributed by atoms with Gasteiger partial charge in [-0.3, -0.25) is 9.88 Å². The third-order valence-corrected chi connectivity index (χ3v) is 3.70. The third kappa shape index (κ3) is 3.79. The Morgan fingerprint density at radius 3 is 2.71 bits per heavy atom. The van der Waals surface area contributed by atoms with Crippen LogP contribution < -0.4 is 5.73 Å². The Kier molecular flexibility index (Phi) is 4.51. The van der Waals surface area contributed by atoms with Crippen LogP contribution >= 0.6 is 0 Å². The van der Waals surface area contributed by atoms with Crippen LogP contribution in [-0.4, -0.2) is 29.0 Å². The molecule has 17 heavy (non-hydrogen) atoms. The van der Waals surface area contributed by atoms with Gasteiger partial charge in [-0.15, -0.1) is 0 Å². The average Bonchev–Trinajstić information content (AvgIpc) is 2.75. The number of hydrogen-bond donors (Lipinski definition) is 1. The molecule has 1 aliphatic carbocycles. The molecule has 2 N–H and O–H groups in total. The molecule has 1 aromatic heterocycles. The number of nitrogens with two attached hydrogens (primary N) is 1. The molecule has 0 bridgehead atoms. The Hall–Kier alpha value is -0.930. The van der Waals surface area contributed by atoms with Gasteiger partial charge >= 0.3 is 0 Å². The quantitative estimate of drug-likeness (QED) is 0.846. The molecule has 2 atom stereocenters. The number of hydrogen-bond acceptors (Lipinski definition) is 3. The first-order valence-electron chi connectivity index (χ1n) is 6.64. The predicted octanol–water partition coefficient (Wildman–Crippen LogP) is 2.03. The minimum absolute atomic E-state index is 0.444. The van der Waals surface area contributed by atoms with Crippen LogP contribution in [-0.2, 0) is 6.54 Å². The van der Waals surface area contributed by atoms with E-state index in [1.165, 1.54) is 31.4 Å². The fraction of sp³-hybridized carbons (Fsp3) is 0.643. The Morgan fingerprint density at radius 2 is 2.12 bits per heavy atom. The molecule has 0 radical (unpaired) electrons. The van der Waals surface area contributed by atoms with Crippen LogP contribution in [0.25, 0.3) is 0 Å². The van der Waals surface area contributed by atoms with Gasteiger partial charge < -0.3 is 5.73 Å². The van der Waals surface area contributed by atoms with E-state index in [9.17, 15) is 0 Å². The summed E-state index contributed by atoms with van der Waals surface area (Å²) in [7, 11) is 0. The maximum Gasteiger partial charge on any atom is 0.0271 e. The zero-order valence-electron chi connectivity index (χ0n) is 10.7. The minimum atomic E-state index is 0.444. The highest BCUT2D eigenvalue weighted by Crippen LogP contribution is 2.25. The van der Waals surface area contributed by atoms with Crippen molar-refractivity contribution in [3.8, 4) is 0 Å². The fourth-order valence-electron chi connectivity index (χ4n) is 2.70. The molecule has 1 saturated carbocycles. The standard InChI is InChI=1S/C14H23N3/c1-2-17(10-12-5-7-16-8-6-12)11-13-3-4-14(15)9-13/h5-8,13-14H,2-4,9-11,15H2,1H3. The Labute approximate surface area is 104 Å². The van der Waals surface area contributed by atoms with Crippen LogP contribution in [0, 0.1) is 5.92 Å². The van der Waals surface area contributed by atoms with E-state index in [0.717, 1.165) is 19.0 Å². The van der Waals surface area contributed by atoms with Gasteiger partial charge in [0.05, 0.1) is 0 Å². The molecular weight excluding hydrogens is 210 g/mol. The molecule has 3 nitrogen and oxygen atoms in total. The lowest BCUT2D eigenvalue weighted by Gasteiger charge is -2.24. The second-order valence-electron chi connectivity index (χ2n) is 5.12. The van der Waals surface area contributed by atoms with Crippen molar-refractivity contribution in [2.75, 3.05) is 13.1 Å². The number of nitrogens with zero attached hydrogens (tertiary/aromatic N) is 2. The predicted molar refractivity (Wildman–Crippen MR) is 70.5 cm³/mol. The van der Waals surface area contributed by atoms with Crippen LogP contribution in [0.1, 0.15) is 31.7 Å². The molecular formula is C14H23N3. The van der Waals surface area contributed by atoms with Gasteiger partial charge in [0.25, 0.3) is 0 Å². The molecule has 1 aromatic rings. The second kappa shape index (κ2) is 6.12. The first kappa shape index (κ1) is 12.5. The molecule has 3 heteroatoms. The van der Waals surface area contributed by atoms with Gasteiger partial charge in [-0.2, -0.15) is 0 Å². The van der Waals surface area contributed by atoms with Crippen LogP contribution in [0.15, 0.2) is 24.5 Å². The summed E-state index contributed by atoms with van der Waals surface area (Å²) in [5.74, 6) is 0.798. The lowest BCUT2D eigenvalue weighted by molar-refractivity contribution is 0.234. The second-order valence-corrected chi connectivity index (χ2v) is 5.12. The summed E-state index contributed by atoms with van der Waals surface area (Å²) in [5, 5.41) is 0. The molecule has 0 spiro atoms. The van der Waals surface area contributed by atoms with Gasteiger partial charge in [-0.05, 0) is 49.4 Å². The number of pyridine rings is 1. The lowest BCUT2D eigenvalue weighted by atomic mass is 10.1. The van der Waals surface area contributed by atoms with Crippen LogP contribution in [0.4, 0.5) is 0 Å². The van der Waals surface area contributed by atoms with Crippen LogP contribution in [0.5, 0.6) is 0 Å². The van der Waals surface area contributed by atoms with Crippen molar-refractivity contribution in [3.63, 3.8) is 0 Å². The smallest absolute Gasteiger partial charge is 0.0271 e. The summed E-state index contributed by atoms with van der Waals surface area (Å²) in [5.41, 5.74) is 7.32. The summed E-state index contributed by atoms with van der Waals surface area (Å²) in [6, 6.07) is 4.64. The molecule has 0 saturated heterocycles. The molecule has 2 rings (SSSR count). The summed E-state index contributed by atoms with van der Waals surface area (Å²) in [6.45, 7) is 5.56. The summed E-state index contributed by atoms with van der Waals surface area (Å²) < 4.78 is 0. The SMILES string of the molecule is CCN(Cc1ccncc1)CC1CCC(N)C1. The zero-order valence-corrected chi connectivity index (χ0v) is 10.7. The normalized spacial score (nSPS) is 24.4. The zero-order chi connectivity index (χ0) is 12.1. The van der Waals surface area contributed by atoms with Crippen molar-refractivity contribution >= 4 is 0 Å². The molecule has 1 fully saturated rings. The van der Waals surface area contributed by atoms with E-state index in [-0.39, 0.29) is 0 Å². The van der Waals surface area contributed by atoms with Crippen LogP contribution in [0.3, 0.4) is 0 Å². The first-order chi connectivity index (χ1) is 8.28. The Balaban J connectivity index is 1.85. The van der Waals surface area contributed by atoms with Crippen LogP contribution in [0.2, 0.25) is 0 Å². The van der Waals surface area contributed by atoms with Crippen molar-refractivity contribution in [1.82, 2.24) is 9.88 Å². The van der Waals surface area contributed by atoms with E-state index in [4.69, 9.17) is 5.73 Å².